The Labute approximate surface area is 211 Å². The summed E-state index contributed by atoms with van der Waals surface area (Å²) in [6, 6.07) is 8.14. The average molecular weight is 506 g/mol. The number of nitrogens with one attached hydrogen (secondary N) is 2. The van der Waals surface area contributed by atoms with Crippen molar-refractivity contribution in [2.24, 2.45) is 11.8 Å². The van der Waals surface area contributed by atoms with E-state index in [4.69, 9.17) is 9.47 Å². The molecule has 11 heteroatoms. The standard InChI is InChI=1S/C25H35N3O8/c1-15(2)20(22(24(32)34-7)36-17(5)29)26-19(30)13-28(6)23(31)21(16(3)4)27-25(33)35-14-18-11-9-8-10-12-18/h8-12,15-16,21H,13-14H2,1-7H3,(H,26,30)(H,27,33)/b22-20+. The van der Waals surface area contributed by atoms with Crippen molar-refractivity contribution in [3.63, 3.8) is 0 Å². The SMILES string of the molecule is COC(=O)/C(OC(C)=O)=C(\NC(=O)CN(C)C(=O)C(NC(=O)OCc1ccccc1)C(C)C)C(C)C. The number of carbonyl (C=O) groups is 5. The minimum Gasteiger partial charge on any atom is -0.463 e. The first kappa shape index (κ1) is 30.1. The van der Waals surface area contributed by atoms with Crippen LogP contribution in [0.1, 0.15) is 40.2 Å². The number of rotatable bonds is 11. The third kappa shape index (κ3) is 9.77. The van der Waals surface area contributed by atoms with Gasteiger partial charge in [0.1, 0.15) is 12.6 Å². The quantitative estimate of drug-likeness (QED) is 0.202. The summed E-state index contributed by atoms with van der Waals surface area (Å²) in [6.45, 7) is 7.60. The first-order valence-corrected chi connectivity index (χ1v) is 11.4. The van der Waals surface area contributed by atoms with Crippen LogP contribution in [0.2, 0.25) is 0 Å². The summed E-state index contributed by atoms with van der Waals surface area (Å²) in [4.78, 5) is 62.7. The van der Waals surface area contributed by atoms with Gasteiger partial charge in [-0.1, -0.05) is 58.0 Å². The summed E-state index contributed by atoms with van der Waals surface area (Å²) in [5, 5.41) is 5.08. The van der Waals surface area contributed by atoms with Gasteiger partial charge < -0.3 is 29.7 Å². The van der Waals surface area contributed by atoms with Crippen molar-refractivity contribution < 1.29 is 38.2 Å². The molecule has 0 spiro atoms. The van der Waals surface area contributed by atoms with Crippen LogP contribution in [0.25, 0.3) is 0 Å². The number of esters is 2. The minimum absolute atomic E-state index is 0.0333. The highest BCUT2D eigenvalue weighted by Crippen LogP contribution is 2.16. The summed E-state index contributed by atoms with van der Waals surface area (Å²) >= 11 is 0. The lowest BCUT2D eigenvalue weighted by molar-refractivity contribution is -0.149. The molecule has 0 aliphatic heterocycles. The molecule has 0 saturated carbocycles. The fourth-order valence-corrected chi connectivity index (χ4v) is 3.03. The maximum Gasteiger partial charge on any atom is 0.408 e. The summed E-state index contributed by atoms with van der Waals surface area (Å²) in [6.07, 6.45) is -0.766. The first-order valence-electron chi connectivity index (χ1n) is 11.4. The topological polar surface area (TPSA) is 140 Å². The molecule has 0 aliphatic carbocycles. The van der Waals surface area contributed by atoms with E-state index in [0.29, 0.717) is 0 Å². The molecule has 11 nitrogen and oxygen atoms in total. The summed E-state index contributed by atoms with van der Waals surface area (Å²) in [5.41, 5.74) is 0.828. The van der Waals surface area contributed by atoms with Crippen molar-refractivity contribution in [3.8, 4) is 0 Å². The smallest absolute Gasteiger partial charge is 0.408 e. The zero-order valence-electron chi connectivity index (χ0n) is 21.7. The van der Waals surface area contributed by atoms with Crippen molar-refractivity contribution in [1.82, 2.24) is 15.5 Å². The van der Waals surface area contributed by atoms with Gasteiger partial charge in [-0.2, -0.15) is 0 Å². The molecule has 0 aliphatic rings. The van der Waals surface area contributed by atoms with Gasteiger partial charge in [0.15, 0.2) is 0 Å². The van der Waals surface area contributed by atoms with Crippen LogP contribution in [0.3, 0.4) is 0 Å². The summed E-state index contributed by atoms with van der Waals surface area (Å²) in [5.74, 6) is -4.01. The maximum absolute atomic E-state index is 13.0. The molecule has 1 unspecified atom stereocenters. The van der Waals surface area contributed by atoms with Crippen LogP contribution in [0, 0.1) is 11.8 Å². The van der Waals surface area contributed by atoms with E-state index in [-0.39, 0.29) is 18.2 Å². The lowest BCUT2D eigenvalue weighted by Crippen LogP contribution is -2.52. The van der Waals surface area contributed by atoms with Gasteiger partial charge >= 0.3 is 18.0 Å². The van der Waals surface area contributed by atoms with Crippen molar-refractivity contribution in [3.05, 3.63) is 47.4 Å². The number of hydrogen-bond donors (Lipinski definition) is 2. The lowest BCUT2D eigenvalue weighted by Gasteiger charge is -2.27. The molecule has 198 valence electrons. The number of carbonyl (C=O) groups excluding carboxylic acids is 5. The van der Waals surface area contributed by atoms with Gasteiger partial charge in [-0.3, -0.25) is 14.4 Å². The normalized spacial score (nSPS) is 12.2. The number of methoxy groups -OCH3 is 1. The van der Waals surface area contributed by atoms with Crippen LogP contribution in [-0.2, 0) is 40.0 Å². The molecule has 1 rings (SSSR count). The molecule has 3 amide bonds. The molecule has 1 aromatic carbocycles. The highest BCUT2D eigenvalue weighted by Gasteiger charge is 2.29. The van der Waals surface area contributed by atoms with Crippen molar-refractivity contribution in [2.45, 2.75) is 47.3 Å². The molecule has 0 radical (unpaired) electrons. The Bertz CT molecular complexity index is 973. The van der Waals surface area contributed by atoms with Crippen LogP contribution in [-0.4, -0.2) is 61.5 Å². The van der Waals surface area contributed by atoms with E-state index in [2.05, 4.69) is 15.4 Å². The molecule has 0 fully saturated rings. The molecule has 0 saturated heterocycles. The third-order valence-corrected chi connectivity index (χ3v) is 4.89. The Hall–Kier alpha value is -3.89. The molecule has 0 bridgehead atoms. The zero-order chi connectivity index (χ0) is 27.4. The van der Waals surface area contributed by atoms with Gasteiger partial charge in [0, 0.05) is 14.0 Å². The summed E-state index contributed by atoms with van der Waals surface area (Å²) in [7, 11) is 2.52. The number of likely N-dealkylation sites (N-methyl/N-ethyl adjacent to an activating group) is 1. The van der Waals surface area contributed by atoms with Crippen molar-refractivity contribution in [2.75, 3.05) is 20.7 Å². The van der Waals surface area contributed by atoms with Crippen molar-refractivity contribution in [1.29, 1.82) is 0 Å². The fourth-order valence-electron chi connectivity index (χ4n) is 3.03. The number of benzene rings is 1. The molecule has 0 heterocycles. The molecule has 1 aromatic rings. The molecule has 1 atom stereocenters. The van der Waals surface area contributed by atoms with E-state index in [1.54, 1.807) is 39.8 Å². The molecule has 36 heavy (non-hydrogen) atoms. The van der Waals surface area contributed by atoms with E-state index in [1.807, 2.05) is 18.2 Å². The van der Waals surface area contributed by atoms with Crippen LogP contribution < -0.4 is 10.6 Å². The third-order valence-electron chi connectivity index (χ3n) is 4.89. The predicted octanol–water partition coefficient (Wildman–Crippen LogP) is 2.12. The van der Waals surface area contributed by atoms with Gasteiger partial charge in [0.05, 0.1) is 19.4 Å². The lowest BCUT2D eigenvalue weighted by atomic mass is 10.0. The van der Waals surface area contributed by atoms with Crippen LogP contribution in [0.15, 0.2) is 41.8 Å². The van der Waals surface area contributed by atoms with E-state index < -0.39 is 54.1 Å². The Morgan fingerprint density at radius 3 is 2.11 bits per heavy atom. The Morgan fingerprint density at radius 1 is 1.00 bits per heavy atom. The van der Waals surface area contributed by atoms with Gasteiger partial charge in [0.25, 0.3) is 0 Å². The fraction of sp³-hybridized carbons (Fsp3) is 0.480. The van der Waals surface area contributed by atoms with Gasteiger partial charge in [-0.25, -0.2) is 9.59 Å². The van der Waals surface area contributed by atoms with E-state index in [1.165, 1.54) is 7.05 Å². The van der Waals surface area contributed by atoms with Gasteiger partial charge in [-0.05, 0) is 17.4 Å². The number of amides is 3. The van der Waals surface area contributed by atoms with Crippen LogP contribution in [0.4, 0.5) is 4.79 Å². The number of allylic oxidation sites excluding steroid dienone is 1. The molecule has 0 aromatic heterocycles. The van der Waals surface area contributed by atoms with Gasteiger partial charge in [0.2, 0.25) is 17.6 Å². The Kier molecular flexibility index (Phi) is 12.1. The van der Waals surface area contributed by atoms with Crippen LogP contribution in [0.5, 0.6) is 0 Å². The monoisotopic (exact) mass is 505 g/mol. The van der Waals surface area contributed by atoms with Gasteiger partial charge in [-0.15, -0.1) is 0 Å². The van der Waals surface area contributed by atoms with Crippen LogP contribution >= 0.6 is 0 Å². The second-order valence-electron chi connectivity index (χ2n) is 8.65. The highest BCUT2D eigenvalue weighted by atomic mass is 16.6. The summed E-state index contributed by atoms with van der Waals surface area (Å²) < 4.78 is 14.8. The number of alkyl carbamates (subject to hydrolysis) is 1. The number of hydrogen-bond acceptors (Lipinski definition) is 8. The number of ether oxygens (including phenoxy) is 3. The molecule has 2 N–H and O–H groups in total. The zero-order valence-corrected chi connectivity index (χ0v) is 21.7. The Balaban J connectivity index is 2.88. The average Bonchev–Trinajstić information content (AvgIpc) is 2.82. The second-order valence-corrected chi connectivity index (χ2v) is 8.65. The van der Waals surface area contributed by atoms with Crippen molar-refractivity contribution >= 4 is 29.8 Å². The minimum atomic E-state index is -0.946. The second kappa shape index (κ2) is 14.5. The van der Waals surface area contributed by atoms with E-state index >= 15 is 0 Å². The predicted molar refractivity (Wildman–Crippen MR) is 130 cm³/mol. The molecular formula is C25H35N3O8. The highest BCUT2D eigenvalue weighted by molar-refractivity contribution is 5.93. The molecular weight excluding hydrogens is 470 g/mol. The maximum atomic E-state index is 13.0. The number of nitrogens with zero attached hydrogens (tertiary/aromatic N) is 1. The largest absolute Gasteiger partial charge is 0.463 e. The first-order chi connectivity index (χ1) is 16.9. The van der Waals surface area contributed by atoms with E-state index in [0.717, 1.165) is 24.5 Å². The Morgan fingerprint density at radius 2 is 1.61 bits per heavy atom. The van der Waals surface area contributed by atoms with E-state index in [9.17, 15) is 24.0 Å².